The lowest BCUT2D eigenvalue weighted by Crippen LogP contribution is -2.30. The summed E-state index contributed by atoms with van der Waals surface area (Å²) in [6.45, 7) is 7.89. The Morgan fingerprint density at radius 2 is 1.90 bits per heavy atom. The van der Waals surface area contributed by atoms with Gasteiger partial charge in [0.2, 0.25) is 0 Å². The molecule has 0 saturated heterocycles. The number of nitrogens with zero attached hydrogens (tertiary/aromatic N) is 1. The van der Waals surface area contributed by atoms with Gasteiger partial charge in [0.1, 0.15) is 5.75 Å². The molecule has 0 heterocycles. The van der Waals surface area contributed by atoms with Crippen molar-refractivity contribution in [3.8, 4) is 5.75 Å². The Kier molecular flexibility index (Phi) is 6.52. The third kappa shape index (κ3) is 6.06. The molecule has 4 heteroatoms. The maximum absolute atomic E-state index is 10.8. The van der Waals surface area contributed by atoms with Gasteiger partial charge in [-0.3, -0.25) is 4.79 Å². The number of hydrogen-bond acceptors (Lipinski definition) is 3. The van der Waals surface area contributed by atoms with Crippen LogP contribution in [0.3, 0.4) is 0 Å². The first kappa shape index (κ1) is 16.5. The summed E-state index contributed by atoms with van der Waals surface area (Å²) in [5.74, 6) is -0.173. The molecule has 20 heavy (non-hydrogen) atoms. The molecule has 1 unspecified atom stereocenters. The molecule has 0 aliphatic carbocycles. The van der Waals surface area contributed by atoms with Gasteiger partial charge in [0, 0.05) is 13.1 Å². The second-order valence-corrected chi connectivity index (χ2v) is 5.53. The summed E-state index contributed by atoms with van der Waals surface area (Å²) >= 11 is 0. The molecule has 0 bridgehead atoms. The fourth-order valence-electron chi connectivity index (χ4n) is 2.18. The van der Waals surface area contributed by atoms with Crippen molar-refractivity contribution in [3.05, 3.63) is 29.3 Å². The molecule has 0 fully saturated rings. The van der Waals surface area contributed by atoms with Gasteiger partial charge in [-0.2, -0.15) is 0 Å². The molecule has 1 N–H and O–H groups in total. The van der Waals surface area contributed by atoms with E-state index in [9.17, 15) is 4.79 Å². The highest BCUT2D eigenvalue weighted by molar-refractivity contribution is 5.69. The SMILES string of the molecule is Cc1cc(C)cc(OCCCN(C)CC(C)C(=O)O)c1. The molecule has 112 valence electrons. The van der Waals surface area contributed by atoms with Crippen molar-refractivity contribution in [1.29, 1.82) is 0 Å². The molecule has 1 atom stereocenters. The Hall–Kier alpha value is -1.55. The minimum atomic E-state index is -0.747. The van der Waals surface area contributed by atoms with Crippen molar-refractivity contribution >= 4 is 5.97 Å². The Bertz CT molecular complexity index is 425. The zero-order valence-corrected chi connectivity index (χ0v) is 12.8. The number of ether oxygens (including phenoxy) is 1. The van der Waals surface area contributed by atoms with Crippen LogP contribution in [0.15, 0.2) is 18.2 Å². The summed E-state index contributed by atoms with van der Waals surface area (Å²) < 4.78 is 5.73. The van der Waals surface area contributed by atoms with Gasteiger partial charge in [-0.05, 0) is 50.6 Å². The fourth-order valence-corrected chi connectivity index (χ4v) is 2.18. The van der Waals surface area contributed by atoms with E-state index in [4.69, 9.17) is 9.84 Å². The number of rotatable bonds is 8. The Balaban J connectivity index is 2.26. The molecule has 0 aromatic heterocycles. The van der Waals surface area contributed by atoms with Crippen LogP contribution in [0.25, 0.3) is 0 Å². The Labute approximate surface area is 121 Å². The van der Waals surface area contributed by atoms with E-state index < -0.39 is 5.97 Å². The van der Waals surface area contributed by atoms with Crippen LogP contribution in [0.4, 0.5) is 0 Å². The lowest BCUT2D eigenvalue weighted by atomic mass is 10.1. The van der Waals surface area contributed by atoms with Crippen molar-refractivity contribution in [2.45, 2.75) is 27.2 Å². The van der Waals surface area contributed by atoms with Crippen LogP contribution in [0.5, 0.6) is 5.75 Å². The smallest absolute Gasteiger partial charge is 0.307 e. The van der Waals surface area contributed by atoms with Crippen molar-refractivity contribution in [2.24, 2.45) is 5.92 Å². The number of hydrogen-bond donors (Lipinski definition) is 1. The second-order valence-electron chi connectivity index (χ2n) is 5.53. The summed E-state index contributed by atoms with van der Waals surface area (Å²) in [7, 11) is 1.94. The van der Waals surface area contributed by atoms with E-state index in [2.05, 4.69) is 19.9 Å². The lowest BCUT2D eigenvalue weighted by molar-refractivity contribution is -0.141. The molecule has 1 aromatic rings. The number of benzene rings is 1. The molecular formula is C16H25NO3. The Morgan fingerprint density at radius 3 is 2.45 bits per heavy atom. The van der Waals surface area contributed by atoms with Gasteiger partial charge in [-0.1, -0.05) is 13.0 Å². The maximum Gasteiger partial charge on any atom is 0.307 e. The van der Waals surface area contributed by atoms with Gasteiger partial charge in [0.15, 0.2) is 0 Å². The number of carbonyl (C=O) groups is 1. The summed E-state index contributed by atoms with van der Waals surface area (Å²) in [6.07, 6.45) is 0.885. The van der Waals surface area contributed by atoms with E-state index in [1.165, 1.54) is 11.1 Å². The van der Waals surface area contributed by atoms with E-state index in [0.29, 0.717) is 13.2 Å². The minimum absolute atomic E-state index is 0.333. The monoisotopic (exact) mass is 279 g/mol. The third-order valence-corrected chi connectivity index (χ3v) is 3.16. The molecular weight excluding hydrogens is 254 g/mol. The highest BCUT2D eigenvalue weighted by Crippen LogP contribution is 2.16. The second kappa shape index (κ2) is 7.90. The average molecular weight is 279 g/mol. The molecule has 1 rings (SSSR count). The largest absolute Gasteiger partial charge is 0.494 e. The molecule has 0 radical (unpaired) electrons. The van der Waals surface area contributed by atoms with Gasteiger partial charge in [-0.25, -0.2) is 0 Å². The van der Waals surface area contributed by atoms with E-state index in [0.717, 1.165) is 18.7 Å². The van der Waals surface area contributed by atoms with Crippen LogP contribution in [-0.2, 0) is 4.79 Å². The number of carboxylic acids is 1. The zero-order chi connectivity index (χ0) is 15.1. The molecule has 0 aliphatic heterocycles. The highest BCUT2D eigenvalue weighted by Gasteiger charge is 2.12. The normalized spacial score (nSPS) is 12.4. The standard InChI is InChI=1S/C16H25NO3/c1-12-8-13(2)10-15(9-12)20-7-5-6-17(4)11-14(3)16(18)19/h8-10,14H,5-7,11H2,1-4H3,(H,18,19). The fraction of sp³-hybridized carbons (Fsp3) is 0.562. The van der Waals surface area contributed by atoms with Crippen LogP contribution in [0, 0.1) is 19.8 Å². The van der Waals surface area contributed by atoms with Crippen LogP contribution < -0.4 is 4.74 Å². The predicted octanol–water partition coefficient (Wildman–Crippen LogP) is 2.72. The summed E-state index contributed by atoms with van der Waals surface area (Å²) in [4.78, 5) is 12.8. The van der Waals surface area contributed by atoms with E-state index in [1.54, 1.807) is 6.92 Å². The van der Waals surface area contributed by atoms with Crippen molar-refractivity contribution in [1.82, 2.24) is 4.90 Å². The minimum Gasteiger partial charge on any atom is -0.494 e. The molecule has 0 amide bonds. The van der Waals surface area contributed by atoms with Crippen LogP contribution >= 0.6 is 0 Å². The van der Waals surface area contributed by atoms with Gasteiger partial charge >= 0.3 is 5.97 Å². The quantitative estimate of drug-likeness (QED) is 0.743. The molecule has 0 spiro atoms. The first-order valence-corrected chi connectivity index (χ1v) is 7.01. The van der Waals surface area contributed by atoms with Gasteiger partial charge in [0.05, 0.1) is 12.5 Å². The van der Waals surface area contributed by atoms with Crippen LogP contribution in [0.2, 0.25) is 0 Å². The van der Waals surface area contributed by atoms with Crippen molar-refractivity contribution in [2.75, 3.05) is 26.7 Å². The maximum atomic E-state index is 10.8. The average Bonchev–Trinajstić information content (AvgIpc) is 2.33. The highest BCUT2D eigenvalue weighted by atomic mass is 16.5. The lowest BCUT2D eigenvalue weighted by Gasteiger charge is -2.19. The summed E-state index contributed by atoms with van der Waals surface area (Å²) in [6, 6.07) is 6.18. The van der Waals surface area contributed by atoms with Crippen LogP contribution in [-0.4, -0.2) is 42.7 Å². The molecule has 4 nitrogen and oxygen atoms in total. The number of aliphatic carboxylic acids is 1. The summed E-state index contributed by atoms with van der Waals surface area (Å²) in [5.41, 5.74) is 2.40. The molecule has 0 aliphatic rings. The van der Waals surface area contributed by atoms with Crippen LogP contribution in [0.1, 0.15) is 24.5 Å². The third-order valence-electron chi connectivity index (χ3n) is 3.16. The number of aryl methyl sites for hydroxylation is 2. The predicted molar refractivity (Wildman–Crippen MR) is 80.3 cm³/mol. The first-order valence-electron chi connectivity index (χ1n) is 7.01. The molecule has 0 saturated carbocycles. The zero-order valence-electron chi connectivity index (χ0n) is 12.8. The van der Waals surface area contributed by atoms with E-state index >= 15 is 0 Å². The van der Waals surface area contributed by atoms with E-state index in [1.807, 2.05) is 24.1 Å². The topological polar surface area (TPSA) is 49.8 Å². The van der Waals surface area contributed by atoms with Crippen molar-refractivity contribution < 1.29 is 14.6 Å². The summed E-state index contributed by atoms with van der Waals surface area (Å²) in [5, 5.41) is 8.85. The van der Waals surface area contributed by atoms with Gasteiger partial charge < -0.3 is 14.7 Å². The number of carboxylic acid groups (broad SMARTS) is 1. The van der Waals surface area contributed by atoms with Gasteiger partial charge in [-0.15, -0.1) is 0 Å². The van der Waals surface area contributed by atoms with Gasteiger partial charge in [0.25, 0.3) is 0 Å². The van der Waals surface area contributed by atoms with E-state index in [-0.39, 0.29) is 5.92 Å². The molecule has 1 aromatic carbocycles. The Morgan fingerprint density at radius 1 is 1.30 bits per heavy atom. The van der Waals surface area contributed by atoms with Crippen molar-refractivity contribution in [3.63, 3.8) is 0 Å². The first-order chi connectivity index (χ1) is 9.38.